The monoisotopic (exact) mass is 289 g/mol. The van der Waals surface area contributed by atoms with Gasteiger partial charge >= 0.3 is 5.97 Å². The van der Waals surface area contributed by atoms with E-state index in [1.165, 1.54) is 6.07 Å². The van der Waals surface area contributed by atoms with Crippen LogP contribution in [0, 0.1) is 18.3 Å². The summed E-state index contributed by atoms with van der Waals surface area (Å²) in [5, 5.41) is 26.1. The predicted octanol–water partition coefficient (Wildman–Crippen LogP) is 2.39. The van der Waals surface area contributed by atoms with Crippen LogP contribution in [0.15, 0.2) is 30.0 Å². The SMILES string of the molecule is Cc1ccc(C(=O)/C=C(/O)C(=O)O)c(OCCCC#N)c1. The fourth-order valence-electron chi connectivity index (χ4n) is 1.55. The standard InChI is InChI=1S/C15H15NO5/c1-10-4-5-11(12(17)9-13(18)15(19)20)14(8-10)21-7-3-2-6-16/h4-5,8-9,18H,2-3,7H2,1H3,(H,19,20)/b13-9+. The topological polar surface area (TPSA) is 108 Å². The van der Waals surface area contributed by atoms with Crippen LogP contribution in [0.4, 0.5) is 0 Å². The number of carboxylic acids is 1. The van der Waals surface area contributed by atoms with Crippen LogP contribution in [0.25, 0.3) is 0 Å². The van der Waals surface area contributed by atoms with Crippen molar-refractivity contribution in [2.24, 2.45) is 0 Å². The van der Waals surface area contributed by atoms with Gasteiger partial charge in [0.15, 0.2) is 5.78 Å². The molecule has 0 unspecified atom stereocenters. The fourth-order valence-corrected chi connectivity index (χ4v) is 1.55. The molecule has 0 fully saturated rings. The number of nitrogens with zero attached hydrogens (tertiary/aromatic N) is 1. The predicted molar refractivity (Wildman–Crippen MR) is 74.2 cm³/mol. The van der Waals surface area contributed by atoms with Gasteiger partial charge in [-0.3, -0.25) is 4.79 Å². The summed E-state index contributed by atoms with van der Waals surface area (Å²) in [6, 6.07) is 6.82. The molecule has 0 spiro atoms. The molecule has 21 heavy (non-hydrogen) atoms. The Morgan fingerprint density at radius 2 is 2.10 bits per heavy atom. The average molecular weight is 289 g/mol. The third-order valence-electron chi connectivity index (χ3n) is 2.58. The molecule has 1 aromatic rings. The molecular formula is C15H15NO5. The molecule has 0 radical (unpaired) electrons. The lowest BCUT2D eigenvalue weighted by molar-refractivity contribution is -0.135. The van der Waals surface area contributed by atoms with Gasteiger partial charge in [0.25, 0.3) is 0 Å². The number of aryl methyl sites for hydroxylation is 1. The Morgan fingerprint density at radius 1 is 1.38 bits per heavy atom. The quantitative estimate of drug-likeness (QED) is 0.345. The first kappa shape index (κ1) is 16.2. The first-order valence-electron chi connectivity index (χ1n) is 6.24. The van der Waals surface area contributed by atoms with Crippen molar-refractivity contribution >= 4 is 11.8 Å². The second kappa shape index (κ2) is 7.70. The third-order valence-corrected chi connectivity index (χ3v) is 2.58. The summed E-state index contributed by atoms with van der Waals surface area (Å²) in [7, 11) is 0. The number of rotatable bonds is 7. The van der Waals surface area contributed by atoms with Crippen molar-refractivity contribution < 1.29 is 24.5 Å². The van der Waals surface area contributed by atoms with E-state index in [0.717, 1.165) is 5.56 Å². The second-order valence-corrected chi connectivity index (χ2v) is 4.31. The van der Waals surface area contributed by atoms with E-state index in [4.69, 9.17) is 20.2 Å². The summed E-state index contributed by atoms with van der Waals surface area (Å²) in [4.78, 5) is 22.5. The van der Waals surface area contributed by atoms with E-state index in [9.17, 15) is 9.59 Å². The van der Waals surface area contributed by atoms with Crippen LogP contribution in [0.5, 0.6) is 5.75 Å². The van der Waals surface area contributed by atoms with Crippen molar-refractivity contribution in [3.05, 3.63) is 41.2 Å². The number of ketones is 1. The van der Waals surface area contributed by atoms with E-state index in [1.54, 1.807) is 12.1 Å². The maximum absolute atomic E-state index is 11.9. The summed E-state index contributed by atoms with van der Waals surface area (Å²) >= 11 is 0. The molecule has 6 heteroatoms. The third kappa shape index (κ3) is 4.99. The van der Waals surface area contributed by atoms with Gasteiger partial charge in [0.1, 0.15) is 5.75 Å². The molecular weight excluding hydrogens is 274 g/mol. The van der Waals surface area contributed by atoms with Gasteiger partial charge in [-0.2, -0.15) is 5.26 Å². The minimum absolute atomic E-state index is 0.158. The maximum Gasteiger partial charge on any atom is 0.371 e. The Hall–Kier alpha value is -2.81. The van der Waals surface area contributed by atoms with Crippen molar-refractivity contribution in [2.75, 3.05) is 6.61 Å². The minimum Gasteiger partial charge on any atom is -0.502 e. The van der Waals surface area contributed by atoms with Gasteiger partial charge in [-0.05, 0) is 31.0 Å². The second-order valence-electron chi connectivity index (χ2n) is 4.31. The smallest absolute Gasteiger partial charge is 0.371 e. The summed E-state index contributed by atoms with van der Waals surface area (Å²) in [6.07, 6.45) is 1.50. The zero-order valence-corrected chi connectivity index (χ0v) is 11.5. The normalized spacial score (nSPS) is 10.8. The number of hydrogen-bond donors (Lipinski definition) is 2. The largest absolute Gasteiger partial charge is 0.502 e. The number of aliphatic carboxylic acids is 1. The molecule has 0 aliphatic carbocycles. The van der Waals surface area contributed by atoms with Gasteiger partial charge in [0, 0.05) is 12.5 Å². The van der Waals surface area contributed by atoms with E-state index >= 15 is 0 Å². The summed E-state index contributed by atoms with van der Waals surface area (Å²) in [5.41, 5.74) is 1.03. The van der Waals surface area contributed by atoms with Crippen LogP contribution in [0.2, 0.25) is 0 Å². The van der Waals surface area contributed by atoms with E-state index in [-0.39, 0.29) is 12.2 Å². The van der Waals surface area contributed by atoms with Crippen molar-refractivity contribution in [2.45, 2.75) is 19.8 Å². The molecule has 0 atom stereocenters. The van der Waals surface area contributed by atoms with Crippen molar-refractivity contribution in [1.29, 1.82) is 5.26 Å². The maximum atomic E-state index is 11.9. The molecule has 1 rings (SSSR count). The Labute approximate surface area is 121 Å². The fraction of sp³-hybridized carbons (Fsp3) is 0.267. The molecule has 0 bridgehead atoms. The average Bonchev–Trinajstić information content (AvgIpc) is 2.43. The number of aliphatic hydroxyl groups is 1. The zero-order chi connectivity index (χ0) is 15.8. The lowest BCUT2D eigenvalue weighted by Gasteiger charge is -2.10. The first-order chi connectivity index (χ1) is 9.95. The highest BCUT2D eigenvalue weighted by Crippen LogP contribution is 2.22. The van der Waals surface area contributed by atoms with Gasteiger partial charge in [0.05, 0.1) is 18.2 Å². The number of unbranched alkanes of at least 4 members (excludes halogenated alkanes) is 1. The van der Waals surface area contributed by atoms with Gasteiger partial charge in [-0.25, -0.2) is 4.79 Å². The molecule has 0 aromatic heterocycles. The number of carboxylic acid groups (broad SMARTS) is 1. The van der Waals surface area contributed by atoms with E-state index in [0.29, 0.717) is 24.7 Å². The zero-order valence-electron chi connectivity index (χ0n) is 11.5. The van der Waals surface area contributed by atoms with Crippen LogP contribution in [0.3, 0.4) is 0 Å². The number of ether oxygens (including phenoxy) is 1. The lowest BCUT2D eigenvalue weighted by Crippen LogP contribution is -2.07. The highest BCUT2D eigenvalue weighted by atomic mass is 16.5. The molecule has 0 amide bonds. The van der Waals surface area contributed by atoms with Gasteiger partial charge in [-0.15, -0.1) is 0 Å². The molecule has 110 valence electrons. The number of benzene rings is 1. The Bertz CT molecular complexity index is 613. The van der Waals surface area contributed by atoms with Crippen molar-refractivity contribution in [1.82, 2.24) is 0 Å². The number of allylic oxidation sites excluding steroid dienone is 1. The molecule has 0 saturated heterocycles. The summed E-state index contributed by atoms with van der Waals surface area (Å²) < 4.78 is 5.45. The number of nitriles is 1. The lowest BCUT2D eigenvalue weighted by atomic mass is 10.1. The number of aliphatic hydroxyl groups excluding tert-OH is 1. The number of carbonyl (C=O) groups excluding carboxylic acids is 1. The Kier molecular flexibility index (Phi) is 5.96. The molecule has 0 aliphatic heterocycles. The summed E-state index contributed by atoms with van der Waals surface area (Å²) in [6.45, 7) is 2.09. The number of carbonyl (C=O) groups is 2. The number of hydrogen-bond acceptors (Lipinski definition) is 5. The van der Waals surface area contributed by atoms with E-state index < -0.39 is 17.5 Å². The molecule has 0 heterocycles. The molecule has 6 nitrogen and oxygen atoms in total. The Morgan fingerprint density at radius 3 is 2.71 bits per heavy atom. The van der Waals surface area contributed by atoms with Crippen LogP contribution in [-0.4, -0.2) is 28.6 Å². The van der Waals surface area contributed by atoms with Gasteiger partial charge in [-0.1, -0.05) is 6.07 Å². The van der Waals surface area contributed by atoms with Gasteiger partial charge < -0.3 is 14.9 Å². The van der Waals surface area contributed by atoms with Crippen LogP contribution in [-0.2, 0) is 4.79 Å². The van der Waals surface area contributed by atoms with E-state index in [2.05, 4.69) is 0 Å². The molecule has 0 aliphatic rings. The molecule has 0 saturated carbocycles. The van der Waals surface area contributed by atoms with E-state index in [1.807, 2.05) is 13.0 Å². The highest BCUT2D eigenvalue weighted by molar-refractivity contribution is 6.09. The first-order valence-corrected chi connectivity index (χ1v) is 6.24. The minimum atomic E-state index is -1.58. The van der Waals surface area contributed by atoms with Crippen molar-refractivity contribution in [3.8, 4) is 11.8 Å². The molecule has 2 N–H and O–H groups in total. The van der Waals surface area contributed by atoms with Crippen LogP contribution in [0.1, 0.15) is 28.8 Å². The Balaban J connectivity index is 2.96. The van der Waals surface area contributed by atoms with Crippen molar-refractivity contribution in [3.63, 3.8) is 0 Å². The van der Waals surface area contributed by atoms with Crippen LogP contribution < -0.4 is 4.74 Å². The summed E-state index contributed by atoms with van der Waals surface area (Å²) in [5.74, 6) is -2.97. The van der Waals surface area contributed by atoms with Gasteiger partial charge in [0.2, 0.25) is 5.76 Å². The van der Waals surface area contributed by atoms with Crippen LogP contribution >= 0.6 is 0 Å². The highest BCUT2D eigenvalue weighted by Gasteiger charge is 2.14. The molecule has 1 aromatic carbocycles.